The number of phenols is 1. The van der Waals surface area contributed by atoms with Crippen LogP contribution < -0.4 is 0 Å². The lowest BCUT2D eigenvalue weighted by Crippen LogP contribution is -2.33. The zero-order valence-electron chi connectivity index (χ0n) is 16.1. The first-order chi connectivity index (χ1) is 13.1. The second-order valence-electron chi connectivity index (χ2n) is 8.15. The fourth-order valence-corrected chi connectivity index (χ4v) is 4.89. The molecule has 0 saturated carbocycles. The van der Waals surface area contributed by atoms with E-state index in [4.69, 9.17) is 0 Å². The summed E-state index contributed by atoms with van der Waals surface area (Å²) in [6.45, 7) is 4.32. The van der Waals surface area contributed by atoms with Crippen molar-refractivity contribution in [2.75, 3.05) is 20.1 Å². The van der Waals surface area contributed by atoms with Crippen molar-refractivity contribution < 1.29 is 5.11 Å². The van der Waals surface area contributed by atoms with E-state index in [0.717, 1.165) is 59.2 Å². The number of aromatic hydroxyl groups is 1. The van der Waals surface area contributed by atoms with E-state index in [2.05, 4.69) is 52.0 Å². The Morgan fingerprint density at radius 1 is 1.11 bits per heavy atom. The van der Waals surface area contributed by atoms with E-state index in [0.29, 0.717) is 11.8 Å². The number of nitrogens with zero attached hydrogens (tertiary/aromatic N) is 4. The van der Waals surface area contributed by atoms with Crippen LogP contribution in [0.4, 0.5) is 0 Å². The van der Waals surface area contributed by atoms with Crippen LogP contribution in [0.5, 0.6) is 5.75 Å². The fraction of sp³-hybridized carbons (Fsp3) is 0.455. The molecule has 0 bridgehead atoms. The third kappa shape index (κ3) is 2.64. The molecule has 2 aliphatic rings. The molecule has 140 valence electrons. The van der Waals surface area contributed by atoms with E-state index >= 15 is 0 Å². The molecule has 1 saturated heterocycles. The van der Waals surface area contributed by atoms with Crippen LogP contribution in [0.25, 0.3) is 22.3 Å². The zero-order valence-corrected chi connectivity index (χ0v) is 16.1. The monoisotopic (exact) mass is 362 g/mol. The number of phenolic OH excluding ortho intramolecular Hbond substituents is 1. The largest absolute Gasteiger partial charge is 0.507 e. The Balaban J connectivity index is 1.59. The molecule has 3 heterocycles. The molecule has 5 heteroatoms. The van der Waals surface area contributed by atoms with Crippen LogP contribution in [0.2, 0.25) is 0 Å². The van der Waals surface area contributed by atoms with Gasteiger partial charge in [0.05, 0.1) is 0 Å². The van der Waals surface area contributed by atoms with Crippen LogP contribution in [0.3, 0.4) is 0 Å². The average molecular weight is 362 g/mol. The summed E-state index contributed by atoms with van der Waals surface area (Å²) < 4.78 is 2.29. The zero-order chi connectivity index (χ0) is 18.5. The van der Waals surface area contributed by atoms with Crippen LogP contribution in [0.15, 0.2) is 24.4 Å². The Bertz CT molecular complexity index is 1020. The van der Waals surface area contributed by atoms with Crippen LogP contribution in [0.1, 0.15) is 42.0 Å². The van der Waals surface area contributed by atoms with Gasteiger partial charge in [-0.3, -0.25) is 0 Å². The molecule has 1 aromatic carbocycles. The summed E-state index contributed by atoms with van der Waals surface area (Å²) in [5.74, 6) is 0.398. The number of rotatable bonds is 2. The lowest BCUT2D eigenvalue weighted by atomic mass is 9.99. The van der Waals surface area contributed by atoms with Crippen molar-refractivity contribution in [1.82, 2.24) is 19.7 Å². The third-order valence-corrected chi connectivity index (χ3v) is 6.39. The van der Waals surface area contributed by atoms with Gasteiger partial charge >= 0.3 is 0 Å². The molecular weight excluding hydrogens is 336 g/mol. The van der Waals surface area contributed by atoms with Gasteiger partial charge in [-0.05, 0) is 81.4 Å². The number of hydrogen-bond donors (Lipinski definition) is 1. The topological polar surface area (TPSA) is 54.2 Å². The van der Waals surface area contributed by atoms with Gasteiger partial charge in [0.2, 0.25) is 0 Å². The van der Waals surface area contributed by atoms with Gasteiger partial charge in [-0.25, -0.2) is 0 Å². The highest BCUT2D eigenvalue weighted by Crippen LogP contribution is 2.39. The van der Waals surface area contributed by atoms with Crippen molar-refractivity contribution >= 4 is 11.0 Å². The Hall–Kier alpha value is -2.40. The third-order valence-electron chi connectivity index (χ3n) is 6.39. The molecule has 1 N–H and O–H groups in total. The van der Waals surface area contributed by atoms with E-state index < -0.39 is 0 Å². The number of benzene rings is 1. The Morgan fingerprint density at radius 2 is 2.00 bits per heavy atom. The molecule has 5 nitrogen and oxygen atoms in total. The van der Waals surface area contributed by atoms with Crippen LogP contribution >= 0.6 is 0 Å². The predicted molar refractivity (Wildman–Crippen MR) is 107 cm³/mol. The number of aromatic nitrogens is 3. The summed E-state index contributed by atoms with van der Waals surface area (Å²) in [7, 11) is 2.18. The van der Waals surface area contributed by atoms with E-state index in [-0.39, 0.29) is 0 Å². The van der Waals surface area contributed by atoms with E-state index in [1.165, 1.54) is 24.9 Å². The molecule has 0 spiro atoms. The average Bonchev–Trinajstić information content (AvgIpc) is 3.30. The lowest BCUT2D eigenvalue weighted by molar-refractivity contribution is 0.214. The van der Waals surface area contributed by atoms with Gasteiger partial charge in [0.1, 0.15) is 11.4 Å². The molecule has 0 radical (unpaired) electrons. The van der Waals surface area contributed by atoms with Crippen molar-refractivity contribution in [3.05, 3.63) is 41.1 Å². The minimum absolute atomic E-state index is 0.398. The first kappa shape index (κ1) is 16.8. The van der Waals surface area contributed by atoms with Crippen molar-refractivity contribution in [2.24, 2.45) is 0 Å². The predicted octanol–water partition coefficient (Wildman–Crippen LogP) is 3.87. The van der Waals surface area contributed by atoms with Gasteiger partial charge < -0.3 is 14.6 Å². The first-order valence-corrected chi connectivity index (χ1v) is 10.00. The molecule has 5 rings (SSSR count). The SMILES string of the molecule is Cc1c(-c2ccc3c(c2O)CCC3)nnc2c1ccn2[C@@H]1CCCN(C)C1. The molecule has 27 heavy (non-hydrogen) atoms. The quantitative estimate of drug-likeness (QED) is 0.752. The number of piperidine rings is 1. The van der Waals surface area contributed by atoms with Gasteiger partial charge in [-0.15, -0.1) is 10.2 Å². The van der Waals surface area contributed by atoms with Crippen molar-refractivity contribution in [1.29, 1.82) is 0 Å². The van der Waals surface area contributed by atoms with Gasteiger partial charge in [0, 0.05) is 29.7 Å². The van der Waals surface area contributed by atoms with E-state index in [1.54, 1.807) is 0 Å². The van der Waals surface area contributed by atoms with Gasteiger partial charge in [0.25, 0.3) is 0 Å². The van der Waals surface area contributed by atoms with Crippen molar-refractivity contribution in [3.8, 4) is 17.0 Å². The lowest BCUT2D eigenvalue weighted by Gasteiger charge is -2.30. The fourth-order valence-electron chi connectivity index (χ4n) is 4.89. The van der Waals surface area contributed by atoms with Gasteiger partial charge in [0.15, 0.2) is 5.65 Å². The smallest absolute Gasteiger partial charge is 0.163 e. The second kappa shape index (κ2) is 6.34. The second-order valence-corrected chi connectivity index (χ2v) is 8.15. The summed E-state index contributed by atoms with van der Waals surface area (Å²) in [5, 5.41) is 21.1. The molecule has 1 fully saturated rings. The van der Waals surface area contributed by atoms with E-state index in [1.807, 2.05) is 6.07 Å². The van der Waals surface area contributed by atoms with Crippen molar-refractivity contribution in [2.45, 2.75) is 45.1 Å². The molecule has 1 aliphatic heterocycles. The summed E-state index contributed by atoms with van der Waals surface area (Å²) in [4.78, 5) is 2.39. The Morgan fingerprint density at radius 3 is 2.85 bits per heavy atom. The van der Waals surface area contributed by atoms with Crippen LogP contribution in [0, 0.1) is 6.92 Å². The standard InChI is InChI=1S/C22H26N4O/c1-14-17-10-12-26(16-6-4-11-25(2)13-16)22(17)24-23-20(14)19-9-8-15-5-3-7-18(15)21(19)27/h8-10,12,16,27H,3-7,11,13H2,1-2H3/t16-/m1/s1. The van der Waals surface area contributed by atoms with Crippen LogP contribution in [-0.2, 0) is 12.8 Å². The first-order valence-electron chi connectivity index (χ1n) is 10.00. The van der Waals surface area contributed by atoms with Crippen molar-refractivity contribution in [3.63, 3.8) is 0 Å². The highest BCUT2D eigenvalue weighted by Gasteiger charge is 2.24. The summed E-state index contributed by atoms with van der Waals surface area (Å²) in [6, 6.07) is 6.76. The molecule has 3 aromatic rings. The molecule has 1 atom stereocenters. The maximum atomic E-state index is 10.8. The van der Waals surface area contributed by atoms with Gasteiger partial charge in [-0.1, -0.05) is 6.07 Å². The number of likely N-dealkylation sites (tertiary alicyclic amines) is 1. The maximum absolute atomic E-state index is 10.8. The minimum Gasteiger partial charge on any atom is -0.507 e. The highest BCUT2D eigenvalue weighted by atomic mass is 16.3. The molecule has 1 aliphatic carbocycles. The molecule has 2 aromatic heterocycles. The summed E-state index contributed by atoms with van der Waals surface area (Å²) in [5.41, 5.74) is 6.03. The molecule has 0 amide bonds. The number of aryl methyl sites for hydroxylation is 2. The summed E-state index contributed by atoms with van der Waals surface area (Å²) >= 11 is 0. The van der Waals surface area contributed by atoms with E-state index in [9.17, 15) is 5.11 Å². The molecular formula is C22H26N4O. The number of likely N-dealkylation sites (N-methyl/N-ethyl adjacent to an activating group) is 1. The normalized spacial score (nSPS) is 20.3. The maximum Gasteiger partial charge on any atom is 0.163 e. The van der Waals surface area contributed by atoms with Gasteiger partial charge in [-0.2, -0.15) is 0 Å². The number of fused-ring (bicyclic) bond motifs is 2. The minimum atomic E-state index is 0.398. The number of hydrogen-bond acceptors (Lipinski definition) is 4. The highest BCUT2D eigenvalue weighted by molar-refractivity contribution is 5.86. The molecule has 0 unspecified atom stereocenters. The summed E-state index contributed by atoms with van der Waals surface area (Å²) in [6.07, 6.45) is 7.69. The Labute approximate surface area is 159 Å². The Kier molecular flexibility index (Phi) is 3.93. The van der Waals surface area contributed by atoms with Crippen LogP contribution in [-0.4, -0.2) is 44.9 Å².